The predicted molar refractivity (Wildman–Crippen MR) is 84.7 cm³/mol. The van der Waals surface area contributed by atoms with Gasteiger partial charge in [-0.1, -0.05) is 18.5 Å². The third kappa shape index (κ3) is 4.37. The normalized spacial score (nSPS) is 12.5. The molecular formula is C16H26ClNO2. The molecule has 0 aliphatic carbocycles. The minimum atomic E-state index is 0.125. The standard InChI is InChI=1S/C16H26ClNO2/c1-4-7-20-15-8-11(2)16(17)12(3)14(15)6-5-13(9-18)10-19/h8,13,19H,4-7,9-10,18H2,1-3H3. The molecule has 20 heavy (non-hydrogen) atoms. The Balaban J connectivity index is 2.98. The summed E-state index contributed by atoms with van der Waals surface area (Å²) in [5.41, 5.74) is 8.89. The molecule has 0 aliphatic rings. The summed E-state index contributed by atoms with van der Waals surface area (Å²) in [6.07, 6.45) is 2.64. The van der Waals surface area contributed by atoms with E-state index in [0.29, 0.717) is 13.2 Å². The zero-order valence-electron chi connectivity index (χ0n) is 12.7. The molecule has 0 saturated heterocycles. The monoisotopic (exact) mass is 299 g/mol. The van der Waals surface area contributed by atoms with Crippen LogP contribution in [0, 0.1) is 19.8 Å². The van der Waals surface area contributed by atoms with Crippen molar-refractivity contribution >= 4 is 11.6 Å². The SMILES string of the molecule is CCCOc1cc(C)c(Cl)c(C)c1CCC(CN)CO. The molecule has 1 atom stereocenters. The summed E-state index contributed by atoms with van der Waals surface area (Å²) in [5.74, 6) is 1.05. The Labute approximate surface area is 127 Å². The van der Waals surface area contributed by atoms with E-state index in [1.807, 2.05) is 19.9 Å². The van der Waals surface area contributed by atoms with Crippen LogP contribution in [0.15, 0.2) is 6.07 Å². The van der Waals surface area contributed by atoms with Crippen LogP contribution < -0.4 is 10.5 Å². The van der Waals surface area contributed by atoms with E-state index < -0.39 is 0 Å². The topological polar surface area (TPSA) is 55.5 Å². The first-order valence-corrected chi connectivity index (χ1v) is 7.65. The smallest absolute Gasteiger partial charge is 0.123 e. The second-order valence-corrected chi connectivity index (χ2v) is 5.66. The summed E-state index contributed by atoms with van der Waals surface area (Å²) in [5, 5.41) is 10.0. The molecular weight excluding hydrogens is 274 g/mol. The van der Waals surface area contributed by atoms with Gasteiger partial charge >= 0.3 is 0 Å². The van der Waals surface area contributed by atoms with Crippen molar-refractivity contribution in [2.75, 3.05) is 19.8 Å². The Morgan fingerprint density at radius 2 is 2.10 bits per heavy atom. The van der Waals surface area contributed by atoms with E-state index in [4.69, 9.17) is 22.1 Å². The van der Waals surface area contributed by atoms with Crippen LogP contribution in [0.5, 0.6) is 5.75 Å². The number of aryl methyl sites for hydroxylation is 1. The van der Waals surface area contributed by atoms with Gasteiger partial charge in [-0.2, -0.15) is 0 Å². The Morgan fingerprint density at radius 1 is 1.40 bits per heavy atom. The van der Waals surface area contributed by atoms with Crippen LogP contribution in [-0.4, -0.2) is 24.9 Å². The van der Waals surface area contributed by atoms with E-state index in [0.717, 1.165) is 46.7 Å². The van der Waals surface area contributed by atoms with E-state index in [2.05, 4.69) is 6.92 Å². The Morgan fingerprint density at radius 3 is 2.65 bits per heavy atom. The molecule has 1 aromatic carbocycles. The van der Waals surface area contributed by atoms with Crippen LogP contribution in [0.2, 0.25) is 5.02 Å². The van der Waals surface area contributed by atoms with E-state index >= 15 is 0 Å². The van der Waals surface area contributed by atoms with Crippen LogP contribution in [0.25, 0.3) is 0 Å². The average Bonchev–Trinajstić information content (AvgIpc) is 2.45. The second kappa shape index (κ2) is 8.50. The van der Waals surface area contributed by atoms with Crippen molar-refractivity contribution in [1.29, 1.82) is 0 Å². The highest BCUT2D eigenvalue weighted by molar-refractivity contribution is 6.32. The van der Waals surface area contributed by atoms with E-state index in [1.54, 1.807) is 0 Å². The Hall–Kier alpha value is -0.770. The van der Waals surface area contributed by atoms with E-state index in [9.17, 15) is 5.11 Å². The fraction of sp³-hybridized carbons (Fsp3) is 0.625. The summed E-state index contributed by atoms with van der Waals surface area (Å²) >= 11 is 6.34. The van der Waals surface area contributed by atoms with Crippen LogP contribution in [0.3, 0.4) is 0 Å². The van der Waals surface area contributed by atoms with Crippen molar-refractivity contribution < 1.29 is 9.84 Å². The third-order valence-corrected chi connectivity index (χ3v) is 4.21. The van der Waals surface area contributed by atoms with Crippen LogP contribution in [0.1, 0.15) is 36.5 Å². The maximum atomic E-state index is 9.25. The highest BCUT2D eigenvalue weighted by atomic mass is 35.5. The van der Waals surface area contributed by atoms with E-state index in [-0.39, 0.29) is 12.5 Å². The van der Waals surface area contributed by atoms with Gasteiger partial charge in [-0.05, 0) is 68.3 Å². The number of ether oxygens (including phenoxy) is 1. The van der Waals surface area contributed by atoms with Gasteiger partial charge < -0.3 is 15.6 Å². The number of rotatable bonds is 8. The minimum Gasteiger partial charge on any atom is -0.493 e. The van der Waals surface area contributed by atoms with Crippen molar-refractivity contribution in [3.63, 3.8) is 0 Å². The van der Waals surface area contributed by atoms with Gasteiger partial charge in [0, 0.05) is 11.6 Å². The lowest BCUT2D eigenvalue weighted by molar-refractivity contribution is 0.222. The number of benzene rings is 1. The summed E-state index contributed by atoms with van der Waals surface area (Å²) < 4.78 is 5.85. The zero-order chi connectivity index (χ0) is 15.1. The molecule has 0 spiro atoms. The molecule has 1 unspecified atom stereocenters. The quantitative estimate of drug-likeness (QED) is 0.775. The minimum absolute atomic E-state index is 0.125. The molecule has 0 fully saturated rings. The van der Waals surface area contributed by atoms with Crippen LogP contribution >= 0.6 is 11.6 Å². The molecule has 3 nitrogen and oxygen atoms in total. The van der Waals surface area contributed by atoms with Gasteiger partial charge in [0.1, 0.15) is 5.75 Å². The third-order valence-electron chi connectivity index (χ3n) is 3.63. The molecule has 0 bridgehead atoms. The van der Waals surface area contributed by atoms with Gasteiger partial charge in [0.2, 0.25) is 0 Å². The Kier molecular flexibility index (Phi) is 7.35. The molecule has 1 aromatic rings. The molecule has 114 valence electrons. The first kappa shape index (κ1) is 17.3. The van der Waals surface area contributed by atoms with Crippen LogP contribution in [0.4, 0.5) is 0 Å². The number of aliphatic hydroxyl groups excluding tert-OH is 1. The molecule has 1 rings (SSSR count). The molecule has 4 heteroatoms. The predicted octanol–water partition coefficient (Wildman–Crippen LogP) is 3.25. The van der Waals surface area contributed by atoms with Gasteiger partial charge in [0.25, 0.3) is 0 Å². The van der Waals surface area contributed by atoms with Gasteiger partial charge in [0.05, 0.1) is 6.61 Å². The lowest BCUT2D eigenvalue weighted by atomic mass is 9.95. The fourth-order valence-electron chi connectivity index (χ4n) is 2.24. The summed E-state index contributed by atoms with van der Waals surface area (Å²) in [7, 11) is 0. The maximum absolute atomic E-state index is 9.25. The van der Waals surface area contributed by atoms with Crippen molar-refractivity contribution in [1.82, 2.24) is 0 Å². The zero-order valence-corrected chi connectivity index (χ0v) is 13.5. The molecule has 0 saturated carbocycles. The molecule has 0 aromatic heterocycles. The number of halogens is 1. The molecule has 0 aliphatic heterocycles. The Bertz CT molecular complexity index is 431. The molecule has 0 amide bonds. The van der Waals surface area contributed by atoms with Gasteiger partial charge in [-0.25, -0.2) is 0 Å². The number of hydrogen-bond donors (Lipinski definition) is 2. The van der Waals surface area contributed by atoms with Gasteiger partial charge in [-0.15, -0.1) is 0 Å². The second-order valence-electron chi connectivity index (χ2n) is 5.28. The lowest BCUT2D eigenvalue weighted by Crippen LogP contribution is -2.19. The van der Waals surface area contributed by atoms with Crippen molar-refractivity contribution in [2.45, 2.75) is 40.0 Å². The summed E-state index contributed by atoms with van der Waals surface area (Å²) in [6, 6.07) is 2.01. The highest BCUT2D eigenvalue weighted by Gasteiger charge is 2.15. The first-order chi connectivity index (χ1) is 9.54. The number of aliphatic hydroxyl groups is 1. The molecule has 0 radical (unpaired) electrons. The van der Waals surface area contributed by atoms with E-state index in [1.165, 1.54) is 0 Å². The van der Waals surface area contributed by atoms with Crippen molar-refractivity contribution in [3.05, 3.63) is 27.8 Å². The summed E-state index contributed by atoms with van der Waals surface area (Å²) in [6.45, 7) is 7.44. The van der Waals surface area contributed by atoms with Gasteiger partial charge in [-0.3, -0.25) is 0 Å². The largest absolute Gasteiger partial charge is 0.493 e. The van der Waals surface area contributed by atoms with Crippen LogP contribution in [-0.2, 0) is 6.42 Å². The molecule has 3 N–H and O–H groups in total. The first-order valence-electron chi connectivity index (χ1n) is 7.27. The summed E-state index contributed by atoms with van der Waals surface area (Å²) in [4.78, 5) is 0. The highest BCUT2D eigenvalue weighted by Crippen LogP contribution is 2.33. The lowest BCUT2D eigenvalue weighted by Gasteiger charge is -2.18. The van der Waals surface area contributed by atoms with Gasteiger partial charge in [0.15, 0.2) is 0 Å². The van der Waals surface area contributed by atoms with Crippen molar-refractivity contribution in [2.24, 2.45) is 11.7 Å². The number of nitrogens with two attached hydrogens (primary N) is 1. The number of hydrogen-bond acceptors (Lipinski definition) is 3. The fourth-order valence-corrected chi connectivity index (χ4v) is 2.41. The van der Waals surface area contributed by atoms with Crippen molar-refractivity contribution in [3.8, 4) is 5.75 Å². The maximum Gasteiger partial charge on any atom is 0.123 e. The molecule has 0 heterocycles. The average molecular weight is 300 g/mol.